The zero-order valence-electron chi connectivity index (χ0n) is 12.2. The van der Waals surface area contributed by atoms with Crippen molar-refractivity contribution in [3.63, 3.8) is 0 Å². The predicted molar refractivity (Wildman–Crippen MR) is 87.1 cm³/mol. The van der Waals surface area contributed by atoms with E-state index < -0.39 is 15.8 Å². The number of sulfonamides is 1. The number of hydrogen-bond acceptors (Lipinski definition) is 3. The van der Waals surface area contributed by atoms with Crippen LogP contribution in [0.4, 0.5) is 10.1 Å². The lowest BCUT2D eigenvalue weighted by molar-refractivity contribution is 0.567. The van der Waals surface area contributed by atoms with Gasteiger partial charge in [0.2, 0.25) is 10.0 Å². The first-order valence-corrected chi connectivity index (χ1v) is 9.40. The second kappa shape index (κ2) is 8.70. The van der Waals surface area contributed by atoms with Gasteiger partial charge in [-0.25, -0.2) is 17.5 Å². The van der Waals surface area contributed by atoms with Crippen molar-refractivity contribution in [1.29, 1.82) is 0 Å². The van der Waals surface area contributed by atoms with Crippen LogP contribution in [-0.4, -0.2) is 15.0 Å². The summed E-state index contributed by atoms with van der Waals surface area (Å²) in [5.41, 5.74) is 5.24. The molecule has 0 aliphatic heterocycles. The van der Waals surface area contributed by atoms with E-state index in [0.29, 0.717) is 6.54 Å². The first kappa shape index (κ1) is 18.4. The summed E-state index contributed by atoms with van der Waals surface area (Å²) in [6, 6.07) is 2.19. The molecule has 0 aliphatic carbocycles. The van der Waals surface area contributed by atoms with E-state index in [1.54, 1.807) is 0 Å². The number of nitrogens with two attached hydrogens (primary N) is 1. The second-order valence-electron chi connectivity index (χ2n) is 4.97. The molecule has 0 amide bonds. The van der Waals surface area contributed by atoms with Gasteiger partial charge in [0.1, 0.15) is 5.82 Å². The van der Waals surface area contributed by atoms with E-state index in [0.717, 1.165) is 31.4 Å². The molecule has 1 aromatic rings. The van der Waals surface area contributed by atoms with Crippen LogP contribution >= 0.6 is 15.9 Å². The van der Waals surface area contributed by atoms with Crippen molar-refractivity contribution < 1.29 is 12.8 Å². The topological polar surface area (TPSA) is 72.2 Å². The Morgan fingerprint density at radius 3 is 2.48 bits per heavy atom. The molecule has 120 valence electrons. The van der Waals surface area contributed by atoms with E-state index in [1.807, 2.05) is 0 Å². The van der Waals surface area contributed by atoms with Crippen LogP contribution in [0.15, 0.2) is 21.5 Å². The van der Waals surface area contributed by atoms with Gasteiger partial charge in [0.25, 0.3) is 0 Å². The number of halogens is 2. The minimum atomic E-state index is -3.67. The van der Waals surface area contributed by atoms with E-state index in [-0.39, 0.29) is 15.1 Å². The van der Waals surface area contributed by atoms with Crippen molar-refractivity contribution in [2.45, 2.75) is 50.3 Å². The predicted octanol–water partition coefficient (Wildman–Crippen LogP) is 3.81. The smallest absolute Gasteiger partial charge is 0.241 e. The van der Waals surface area contributed by atoms with Crippen LogP contribution in [0.1, 0.15) is 45.4 Å². The van der Waals surface area contributed by atoms with E-state index in [1.165, 1.54) is 19.3 Å². The summed E-state index contributed by atoms with van der Waals surface area (Å²) in [5.74, 6) is -0.642. The highest BCUT2D eigenvalue weighted by molar-refractivity contribution is 9.10. The standard InChI is InChI=1S/C14H22BrFN2O2S/c1-2-3-4-5-6-7-8-18-21(19,20)14-10-13(17)12(16)9-11(14)15/h9-10,18H,2-8,17H2,1H3. The van der Waals surface area contributed by atoms with Crippen molar-refractivity contribution >= 4 is 31.6 Å². The van der Waals surface area contributed by atoms with Crippen LogP contribution in [0.25, 0.3) is 0 Å². The molecule has 0 aliphatic rings. The molecule has 7 heteroatoms. The quantitative estimate of drug-likeness (QED) is 0.505. The van der Waals surface area contributed by atoms with Gasteiger partial charge >= 0.3 is 0 Å². The zero-order valence-corrected chi connectivity index (χ0v) is 14.6. The first-order chi connectivity index (χ1) is 9.88. The van der Waals surface area contributed by atoms with Gasteiger partial charge in [-0.05, 0) is 34.5 Å². The van der Waals surface area contributed by atoms with Gasteiger partial charge in [0.15, 0.2) is 0 Å². The molecule has 0 fully saturated rings. The van der Waals surface area contributed by atoms with Crippen molar-refractivity contribution in [1.82, 2.24) is 4.72 Å². The number of benzene rings is 1. The van der Waals surface area contributed by atoms with Crippen molar-refractivity contribution in [3.8, 4) is 0 Å². The van der Waals surface area contributed by atoms with Gasteiger partial charge in [-0.15, -0.1) is 0 Å². The molecule has 1 rings (SSSR count). The molecule has 0 aromatic heterocycles. The zero-order chi connectivity index (χ0) is 15.9. The summed E-state index contributed by atoms with van der Waals surface area (Å²) in [6.45, 7) is 2.53. The highest BCUT2D eigenvalue weighted by Crippen LogP contribution is 2.26. The summed E-state index contributed by atoms with van der Waals surface area (Å²) < 4.78 is 40.2. The Hall–Kier alpha value is -0.660. The molecule has 0 atom stereocenters. The molecular formula is C14H22BrFN2O2S. The van der Waals surface area contributed by atoms with Crippen molar-refractivity contribution in [2.24, 2.45) is 0 Å². The molecule has 21 heavy (non-hydrogen) atoms. The lowest BCUT2D eigenvalue weighted by atomic mass is 10.1. The number of anilines is 1. The van der Waals surface area contributed by atoms with Crippen LogP contribution in [0.5, 0.6) is 0 Å². The van der Waals surface area contributed by atoms with E-state index in [2.05, 4.69) is 27.6 Å². The lowest BCUT2D eigenvalue weighted by Crippen LogP contribution is -2.25. The monoisotopic (exact) mass is 380 g/mol. The molecule has 3 N–H and O–H groups in total. The molecule has 0 unspecified atom stereocenters. The Bertz CT molecular complexity index is 564. The maximum atomic E-state index is 13.2. The van der Waals surface area contributed by atoms with Gasteiger partial charge in [-0.3, -0.25) is 0 Å². The van der Waals surface area contributed by atoms with Gasteiger partial charge < -0.3 is 5.73 Å². The van der Waals surface area contributed by atoms with Gasteiger partial charge in [-0.2, -0.15) is 0 Å². The Morgan fingerprint density at radius 2 is 1.81 bits per heavy atom. The Labute approximate surface area is 134 Å². The SMILES string of the molecule is CCCCCCCCNS(=O)(=O)c1cc(N)c(F)cc1Br. The third-order valence-corrected chi connectivity index (χ3v) is 5.58. The van der Waals surface area contributed by atoms with Gasteiger partial charge in [-0.1, -0.05) is 39.0 Å². The molecule has 0 saturated heterocycles. The molecule has 0 bridgehead atoms. The van der Waals surface area contributed by atoms with Crippen LogP contribution in [0.3, 0.4) is 0 Å². The fraction of sp³-hybridized carbons (Fsp3) is 0.571. The van der Waals surface area contributed by atoms with E-state index >= 15 is 0 Å². The van der Waals surface area contributed by atoms with Crippen LogP contribution < -0.4 is 10.5 Å². The summed E-state index contributed by atoms with van der Waals surface area (Å²) in [6.07, 6.45) is 6.48. The highest BCUT2D eigenvalue weighted by atomic mass is 79.9. The maximum Gasteiger partial charge on any atom is 0.241 e. The van der Waals surface area contributed by atoms with Crippen molar-refractivity contribution in [3.05, 3.63) is 22.4 Å². The van der Waals surface area contributed by atoms with E-state index in [4.69, 9.17) is 5.73 Å². The minimum absolute atomic E-state index is 0.0348. The van der Waals surface area contributed by atoms with Crippen LogP contribution in [0.2, 0.25) is 0 Å². The van der Waals surface area contributed by atoms with Gasteiger partial charge in [0.05, 0.1) is 10.6 Å². The minimum Gasteiger partial charge on any atom is -0.396 e. The largest absolute Gasteiger partial charge is 0.396 e. The summed E-state index contributed by atoms with van der Waals surface area (Å²) in [5, 5.41) is 0. The molecule has 0 radical (unpaired) electrons. The average molecular weight is 381 g/mol. The molecular weight excluding hydrogens is 359 g/mol. The number of nitrogens with one attached hydrogen (secondary N) is 1. The van der Waals surface area contributed by atoms with Crippen molar-refractivity contribution in [2.75, 3.05) is 12.3 Å². The number of nitrogen functional groups attached to an aromatic ring is 1. The normalized spacial score (nSPS) is 11.8. The molecule has 4 nitrogen and oxygen atoms in total. The van der Waals surface area contributed by atoms with E-state index in [9.17, 15) is 12.8 Å². The second-order valence-corrected chi connectivity index (χ2v) is 7.56. The summed E-state index contributed by atoms with van der Waals surface area (Å²) in [4.78, 5) is -0.0348. The number of rotatable bonds is 9. The first-order valence-electron chi connectivity index (χ1n) is 7.12. The lowest BCUT2D eigenvalue weighted by Gasteiger charge is -2.10. The number of hydrogen-bond donors (Lipinski definition) is 2. The fourth-order valence-electron chi connectivity index (χ4n) is 1.94. The average Bonchev–Trinajstić information content (AvgIpc) is 2.41. The molecule has 0 saturated carbocycles. The Kier molecular flexibility index (Phi) is 7.62. The molecule has 1 aromatic carbocycles. The third-order valence-electron chi connectivity index (χ3n) is 3.16. The molecule has 0 spiro atoms. The fourth-order valence-corrected chi connectivity index (χ4v) is 4.06. The Morgan fingerprint density at radius 1 is 1.19 bits per heavy atom. The molecule has 0 heterocycles. The highest BCUT2D eigenvalue weighted by Gasteiger charge is 2.19. The number of unbranched alkanes of at least 4 members (excludes halogenated alkanes) is 5. The van der Waals surface area contributed by atoms with Crippen LogP contribution in [-0.2, 0) is 10.0 Å². The third kappa shape index (κ3) is 5.92. The maximum absolute atomic E-state index is 13.2. The van der Waals surface area contributed by atoms with Crippen LogP contribution in [0, 0.1) is 5.82 Å². The summed E-state index contributed by atoms with van der Waals surface area (Å²) in [7, 11) is -3.67. The van der Waals surface area contributed by atoms with Gasteiger partial charge in [0, 0.05) is 11.0 Å². The Balaban J connectivity index is 2.53. The summed E-state index contributed by atoms with van der Waals surface area (Å²) >= 11 is 3.05.